The van der Waals surface area contributed by atoms with Crippen molar-refractivity contribution in [2.24, 2.45) is 16.7 Å². The first-order valence-electron chi connectivity index (χ1n) is 7.12. The summed E-state index contributed by atoms with van der Waals surface area (Å²) >= 11 is 0. The van der Waals surface area contributed by atoms with Gasteiger partial charge in [-0.25, -0.2) is 0 Å². The van der Waals surface area contributed by atoms with Crippen molar-refractivity contribution in [2.75, 3.05) is 0 Å². The fourth-order valence-electron chi connectivity index (χ4n) is 3.80. The molecule has 3 aliphatic heterocycles. The van der Waals surface area contributed by atoms with Gasteiger partial charge in [0, 0.05) is 6.92 Å². The SMILES string of the molecule is CCCC1C2(C)OC(=N)C(C#N)(C(CC)O2)C1(C#N)C#N. The van der Waals surface area contributed by atoms with E-state index in [1.165, 1.54) is 0 Å². The molecule has 1 N–H and O–H groups in total. The number of nitriles is 3. The van der Waals surface area contributed by atoms with E-state index in [-0.39, 0.29) is 5.90 Å². The molecule has 110 valence electrons. The Balaban J connectivity index is 2.79. The van der Waals surface area contributed by atoms with Crippen LogP contribution in [0.25, 0.3) is 0 Å². The van der Waals surface area contributed by atoms with Crippen LogP contribution in [-0.2, 0) is 9.47 Å². The van der Waals surface area contributed by atoms with Crippen molar-refractivity contribution in [2.45, 2.75) is 51.9 Å². The van der Waals surface area contributed by atoms with Crippen molar-refractivity contribution in [1.29, 1.82) is 21.2 Å². The smallest absolute Gasteiger partial charge is 0.215 e. The molecule has 0 aromatic carbocycles. The molecule has 3 aliphatic rings. The molecule has 4 atom stereocenters. The third-order valence-electron chi connectivity index (χ3n) is 4.78. The fourth-order valence-corrected chi connectivity index (χ4v) is 3.80. The van der Waals surface area contributed by atoms with Crippen LogP contribution in [0.4, 0.5) is 0 Å². The van der Waals surface area contributed by atoms with Crippen LogP contribution in [0.1, 0.15) is 40.0 Å². The lowest BCUT2D eigenvalue weighted by molar-refractivity contribution is -0.340. The topological polar surface area (TPSA) is 114 Å². The van der Waals surface area contributed by atoms with Gasteiger partial charge in [-0.3, -0.25) is 5.41 Å². The Hall–Kier alpha value is -2.10. The molecule has 0 saturated carbocycles. The molecule has 4 unspecified atom stereocenters. The molecule has 0 aromatic heterocycles. The first kappa shape index (κ1) is 15.3. The van der Waals surface area contributed by atoms with Crippen LogP contribution < -0.4 is 0 Å². The standard InChI is InChI=1S/C15H18N4O2/c1-4-6-10-13(3)20-11(5-2)15(9-18,12(19)21-13)14(10,7-16)8-17/h10-11,19H,4-6H2,1-3H3. The monoisotopic (exact) mass is 286 g/mol. The maximum atomic E-state index is 9.77. The van der Waals surface area contributed by atoms with Gasteiger partial charge in [-0.1, -0.05) is 20.3 Å². The van der Waals surface area contributed by atoms with Gasteiger partial charge in [-0.2, -0.15) is 15.8 Å². The van der Waals surface area contributed by atoms with Gasteiger partial charge in [0.25, 0.3) is 0 Å². The predicted octanol–water partition coefficient (Wildman–Crippen LogP) is 2.48. The van der Waals surface area contributed by atoms with Gasteiger partial charge in [0.2, 0.25) is 11.7 Å². The second-order valence-corrected chi connectivity index (χ2v) is 5.75. The Morgan fingerprint density at radius 3 is 2.24 bits per heavy atom. The summed E-state index contributed by atoms with van der Waals surface area (Å²) in [5, 5.41) is 37.4. The zero-order chi connectivity index (χ0) is 15.9. The number of ether oxygens (including phenoxy) is 2. The first-order chi connectivity index (χ1) is 9.92. The minimum Gasteiger partial charge on any atom is -0.448 e. The van der Waals surface area contributed by atoms with E-state index >= 15 is 0 Å². The van der Waals surface area contributed by atoms with E-state index in [9.17, 15) is 15.8 Å². The fraction of sp³-hybridized carbons (Fsp3) is 0.733. The van der Waals surface area contributed by atoms with Gasteiger partial charge in [-0.15, -0.1) is 0 Å². The van der Waals surface area contributed by atoms with Crippen molar-refractivity contribution in [3.8, 4) is 18.2 Å². The zero-order valence-electron chi connectivity index (χ0n) is 12.4. The molecule has 0 amide bonds. The van der Waals surface area contributed by atoms with Gasteiger partial charge >= 0.3 is 0 Å². The molecule has 3 rings (SSSR count). The molecular weight excluding hydrogens is 268 g/mol. The van der Waals surface area contributed by atoms with Crippen molar-refractivity contribution in [1.82, 2.24) is 0 Å². The average Bonchev–Trinajstić information content (AvgIpc) is 2.48. The summed E-state index contributed by atoms with van der Waals surface area (Å²) in [7, 11) is 0. The summed E-state index contributed by atoms with van der Waals surface area (Å²) in [6.07, 6.45) is 0.981. The zero-order valence-corrected chi connectivity index (χ0v) is 12.4. The minimum atomic E-state index is -1.66. The van der Waals surface area contributed by atoms with E-state index in [1.54, 1.807) is 6.92 Å². The van der Waals surface area contributed by atoms with Crippen LogP contribution in [0.3, 0.4) is 0 Å². The van der Waals surface area contributed by atoms with Crippen LogP contribution in [0.2, 0.25) is 0 Å². The molecule has 3 saturated heterocycles. The molecule has 21 heavy (non-hydrogen) atoms. The number of nitrogens with zero attached hydrogens (tertiary/aromatic N) is 3. The first-order valence-corrected chi connectivity index (χ1v) is 7.12. The van der Waals surface area contributed by atoms with Gasteiger partial charge in [0.1, 0.15) is 0 Å². The van der Waals surface area contributed by atoms with Crippen LogP contribution in [0, 0.1) is 56.2 Å². The number of hydrogen-bond donors (Lipinski definition) is 1. The van der Waals surface area contributed by atoms with Crippen molar-refractivity contribution in [3.63, 3.8) is 0 Å². The molecule has 6 heteroatoms. The summed E-state index contributed by atoms with van der Waals surface area (Å²) < 4.78 is 11.5. The third-order valence-corrected chi connectivity index (χ3v) is 4.78. The summed E-state index contributed by atoms with van der Waals surface area (Å²) in [5.74, 6) is -2.10. The molecule has 0 aromatic rings. The molecule has 2 bridgehead atoms. The normalized spacial score (nSPS) is 39.7. The lowest BCUT2D eigenvalue weighted by atomic mass is 9.50. The number of nitrogens with one attached hydrogen (secondary N) is 1. The minimum absolute atomic E-state index is 0.318. The second kappa shape index (κ2) is 4.72. The summed E-state index contributed by atoms with van der Waals surface area (Å²) in [6, 6.07) is 6.16. The van der Waals surface area contributed by atoms with E-state index in [0.717, 1.165) is 6.42 Å². The summed E-state index contributed by atoms with van der Waals surface area (Å²) in [6.45, 7) is 5.41. The van der Waals surface area contributed by atoms with E-state index in [4.69, 9.17) is 14.9 Å². The van der Waals surface area contributed by atoms with E-state index < -0.39 is 28.6 Å². The Bertz CT molecular complexity index is 582. The van der Waals surface area contributed by atoms with Gasteiger partial charge in [-0.05, 0) is 12.8 Å². The highest BCUT2D eigenvalue weighted by Crippen LogP contribution is 2.63. The molecular formula is C15H18N4O2. The lowest BCUT2D eigenvalue weighted by Crippen LogP contribution is -2.74. The second-order valence-electron chi connectivity index (χ2n) is 5.75. The lowest BCUT2D eigenvalue weighted by Gasteiger charge is -2.61. The Morgan fingerprint density at radius 1 is 1.19 bits per heavy atom. The molecule has 0 aliphatic carbocycles. The van der Waals surface area contributed by atoms with E-state index in [2.05, 4.69) is 12.1 Å². The molecule has 3 heterocycles. The Labute approximate surface area is 124 Å². The maximum absolute atomic E-state index is 9.77. The van der Waals surface area contributed by atoms with E-state index in [1.807, 2.05) is 19.9 Å². The molecule has 0 spiro atoms. The van der Waals surface area contributed by atoms with E-state index in [0.29, 0.717) is 12.8 Å². The summed E-state index contributed by atoms with van der Waals surface area (Å²) in [4.78, 5) is 0. The van der Waals surface area contributed by atoms with Crippen LogP contribution in [0.15, 0.2) is 0 Å². The highest BCUT2D eigenvalue weighted by Gasteiger charge is 2.78. The Morgan fingerprint density at radius 2 is 1.81 bits per heavy atom. The maximum Gasteiger partial charge on any atom is 0.215 e. The van der Waals surface area contributed by atoms with Crippen molar-refractivity contribution < 1.29 is 9.47 Å². The third kappa shape index (κ3) is 1.50. The largest absolute Gasteiger partial charge is 0.448 e. The van der Waals surface area contributed by atoms with Gasteiger partial charge < -0.3 is 9.47 Å². The average molecular weight is 286 g/mol. The summed E-state index contributed by atoms with van der Waals surface area (Å²) in [5.41, 5.74) is -3.29. The molecule has 3 fully saturated rings. The van der Waals surface area contributed by atoms with Crippen LogP contribution in [0.5, 0.6) is 0 Å². The predicted molar refractivity (Wildman–Crippen MR) is 72.5 cm³/mol. The van der Waals surface area contributed by atoms with Crippen molar-refractivity contribution in [3.05, 3.63) is 0 Å². The quantitative estimate of drug-likeness (QED) is 0.856. The van der Waals surface area contributed by atoms with Gasteiger partial charge in [0.15, 0.2) is 10.8 Å². The molecule has 0 radical (unpaired) electrons. The van der Waals surface area contributed by atoms with Crippen molar-refractivity contribution >= 4 is 5.90 Å². The highest BCUT2D eigenvalue weighted by atomic mass is 16.7. The Kier molecular flexibility index (Phi) is 3.44. The van der Waals surface area contributed by atoms with Crippen LogP contribution >= 0.6 is 0 Å². The highest BCUT2D eigenvalue weighted by molar-refractivity contribution is 5.88. The number of fused-ring (bicyclic) bond motifs is 3. The number of hydrogen-bond acceptors (Lipinski definition) is 6. The van der Waals surface area contributed by atoms with Crippen LogP contribution in [-0.4, -0.2) is 17.8 Å². The molecule has 6 nitrogen and oxygen atoms in total. The van der Waals surface area contributed by atoms with Gasteiger partial charge in [0.05, 0.1) is 30.2 Å². The number of rotatable bonds is 3.